The lowest BCUT2D eigenvalue weighted by molar-refractivity contribution is 0.0341. The Balaban J connectivity index is 1.40. The Morgan fingerprint density at radius 1 is 1.21 bits per heavy atom. The number of rotatable bonds is 7. The molecular formula is C21H28N6OS. The van der Waals surface area contributed by atoms with E-state index in [2.05, 4.69) is 57.9 Å². The van der Waals surface area contributed by atoms with Crippen LogP contribution in [0.3, 0.4) is 0 Å². The highest BCUT2D eigenvalue weighted by atomic mass is 32.1. The first-order valence-electron chi connectivity index (χ1n) is 10.1. The molecule has 2 aromatic heterocycles. The zero-order valence-corrected chi connectivity index (χ0v) is 17.6. The molecule has 0 unspecified atom stereocenters. The second kappa shape index (κ2) is 9.87. The van der Waals surface area contributed by atoms with Crippen LogP contribution in [0.2, 0.25) is 0 Å². The fraction of sp³-hybridized carbons (Fsp3) is 0.429. The summed E-state index contributed by atoms with van der Waals surface area (Å²) in [5.74, 6) is 0.810. The van der Waals surface area contributed by atoms with Crippen molar-refractivity contribution in [3.8, 4) is 0 Å². The van der Waals surface area contributed by atoms with Gasteiger partial charge in [-0.05, 0) is 18.1 Å². The van der Waals surface area contributed by atoms with Crippen molar-refractivity contribution in [1.82, 2.24) is 24.9 Å². The summed E-state index contributed by atoms with van der Waals surface area (Å²) >= 11 is 1.64. The van der Waals surface area contributed by atoms with Gasteiger partial charge in [-0.3, -0.25) is 9.30 Å². The molecule has 0 saturated carbocycles. The van der Waals surface area contributed by atoms with Crippen LogP contribution in [-0.4, -0.2) is 53.1 Å². The molecule has 1 aliphatic rings. The fourth-order valence-electron chi connectivity index (χ4n) is 3.41. The number of hydrogen-bond acceptors (Lipinski definition) is 5. The monoisotopic (exact) mass is 412 g/mol. The number of nitrogens with zero attached hydrogens (tertiary/aromatic N) is 4. The van der Waals surface area contributed by atoms with E-state index in [0.29, 0.717) is 13.1 Å². The third kappa shape index (κ3) is 5.35. The predicted molar refractivity (Wildman–Crippen MR) is 117 cm³/mol. The van der Waals surface area contributed by atoms with Crippen LogP contribution in [-0.2, 0) is 24.4 Å². The number of ether oxygens (including phenoxy) is 1. The quantitative estimate of drug-likeness (QED) is 0.461. The van der Waals surface area contributed by atoms with Gasteiger partial charge in [-0.1, -0.05) is 24.3 Å². The van der Waals surface area contributed by atoms with Crippen LogP contribution in [0.5, 0.6) is 0 Å². The van der Waals surface area contributed by atoms with Gasteiger partial charge in [0.05, 0.1) is 32.0 Å². The largest absolute Gasteiger partial charge is 0.379 e. The van der Waals surface area contributed by atoms with Crippen molar-refractivity contribution in [3.63, 3.8) is 0 Å². The van der Waals surface area contributed by atoms with Gasteiger partial charge in [0, 0.05) is 44.0 Å². The highest BCUT2D eigenvalue weighted by Gasteiger charge is 2.12. The number of hydrogen-bond donors (Lipinski definition) is 2. The Bertz CT molecular complexity index is 915. The van der Waals surface area contributed by atoms with Gasteiger partial charge in [-0.2, -0.15) is 0 Å². The van der Waals surface area contributed by atoms with Crippen LogP contribution < -0.4 is 10.6 Å². The third-order valence-electron chi connectivity index (χ3n) is 4.95. The molecule has 1 aromatic carbocycles. The standard InChI is InChI=1S/C21H28N6OS/c1-2-22-20(24-14-19-16-27-9-12-29-21(27)25-19)23-13-17-5-3-4-6-18(17)15-26-7-10-28-11-8-26/h3-6,9,12,16H,2,7-8,10-11,13-15H2,1H3,(H2,22,23,24). The van der Waals surface area contributed by atoms with Gasteiger partial charge in [0.2, 0.25) is 0 Å². The van der Waals surface area contributed by atoms with Crippen molar-refractivity contribution in [2.24, 2.45) is 4.99 Å². The molecular weight excluding hydrogens is 384 g/mol. The van der Waals surface area contributed by atoms with Crippen molar-refractivity contribution in [1.29, 1.82) is 0 Å². The average Bonchev–Trinajstić information content (AvgIpc) is 3.34. The highest BCUT2D eigenvalue weighted by molar-refractivity contribution is 7.15. The van der Waals surface area contributed by atoms with E-state index in [-0.39, 0.29) is 0 Å². The van der Waals surface area contributed by atoms with Gasteiger partial charge in [0.25, 0.3) is 0 Å². The maximum Gasteiger partial charge on any atom is 0.193 e. The molecule has 0 aliphatic carbocycles. The first-order valence-corrected chi connectivity index (χ1v) is 11.0. The highest BCUT2D eigenvalue weighted by Crippen LogP contribution is 2.14. The number of thiazole rings is 1. The van der Waals surface area contributed by atoms with Crippen molar-refractivity contribution < 1.29 is 4.74 Å². The number of benzene rings is 1. The maximum absolute atomic E-state index is 5.46. The van der Waals surface area contributed by atoms with Crippen LogP contribution >= 0.6 is 11.3 Å². The van der Waals surface area contributed by atoms with Crippen molar-refractivity contribution in [2.75, 3.05) is 32.8 Å². The molecule has 0 spiro atoms. The lowest BCUT2D eigenvalue weighted by atomic mass is 10.1. The number of aliphatic imine (C=N–C) groups is 1. The fourth-order valence-corrected chi connectivity index (χ4v) is 4.13. The van der Waals surface area contributed by atoms with Crippen LogP contribution in [0.4, 0.5) is 0 Å². The minimum Gasteiger partial charge on any atom is -0.379 e. The molecule has 3 heterocycles. The maximum atomic E-state index is 5.46. The molecule has 0 amide bonds. The Kier molecular flexibility index (Phi) is 6.76. The van der Waals surface area contributed by atoms with E-state index < -0.39 is 0 Å². The number of imidazole rings is 1. The van der Waals surface area contributed by atoms with Crippen LogP contribution in [0.1, 0.15) is 23.7 Å². The minimum atomic E-state index is 0.647. The molecule has 2 N–H and O–H groups in total. The second-order valence-corrected chi connectivity index (χ2v) is 7.90. The SMILES string of the molecule is CCNC(=NCc1ccccc1CN1CCOCC1)NCc1cn2ccsc2n1. The van der Waals surface area contributed by atoms with E-state index in [9.17, 15) is 0 Å². The predicted octanol–water partition coefficient (Wildman–Crippen LogP) is 2.48. The van der Waals surface area contributed by atoms with E-state index in [1.54, 1.807) is 11.3 Å². The Labute approximate surface area is 175 Å². The van der Waals surface area contributed by atoms with Gasteiger partial charge in [-0.25, -0.2) is 9.98 Å². The van der Waals surface area contributed by atoms with Crippen molar-refractivity contribution >= 4 is 22.3 Å². The van der Waals surface area contributed by atoms with Crippen molar-refractivity contribution in [3.05, 3.63) is 58.9 Å². The summed E-state index contributed by atoms with van der Waals surface area (Å²) in [6, 6.07) is 8.58. The molecule has 3 aromatic rings. The van der Waals surface area contributed by atoms with E-state index in [4.69, 9.17) is 9.73 Å². The van der Waals surface area contributed by atoms with Gasteiger partial charge >= 0.3 is 0 Å². The summed E-state index contributed by atoms with van der Waals surface area (Å²) in [5.41, 5.74) is 3.61. The summed E-state index contributed by atoms with van der Waals surface area (Å²) in [5, 5.41) is 8.77. The molecule has 1 saturated heterocycles. The number of fused-ring (bicyclic) bond motifs is 1. The Morgan fingerprint density at radius 2 is 2.03 bits per heavy atom. The summed E-state index contributed by atoms with van der Waals surface area (Å²) in [6.45, 7) is 8.76. The van der Waals surface area contributed by atoms with Crippen molar-refractivity contribution in [2.45, 2.75) is 26.6 Å². The summed E-state index contributed by atoms with van der Waals surface area (Å²) in [4.78, 5) is 12.9. The summed E-state index contributed by atoms with van der Waals surface area (Å²) in [6.07, 6.45) is 4.08. The van der Waals surface area contributed by atoms with Gasteiger partial charge in [-0.15, -0.1) is 11.3 Å². The summed E-state index contributed by atoms with van der Waals surface area (Å²) in [7, 11) is 0. The second-order valence-electron chi connectivity index (χ2n) is 7.03. The lowest BCUT2D eigenvalue weighted by Gasteiger charge is -2.27. The molecule has 1 aliphatic heterocycles. The van der Waals surface area contributed by atoms with Crippen LogP contribution in [0.15, 0.2) is 47.0 Å². The van der Waals surface area contributed by atoms with E-state index >= 15 is 0 Å². The molecule has 29 heavy (non-hydrogen) atoms. The van der Waals surface area contributed by atoms with E-state index in [0.717, 1.165) is 56.0 Å². The molecule has 7 nitrogen and oxygen atoms in total. The summed E-state index contributed by atoms with van der Waals surface area (Å²) < 4.78 is 7.51. The minimum absolute atomic E-state index is 0.647. The first kappa shape index (κ1) is 19.9. The zero-order chi connectivity index (χ0) is 19.9. The topological polar surface area (TPSA) is 66.2 Å². The molecule has 0 atom stereocenters. The van der Waals surface area contributed by atoms with Crippen LogP contribution in [0.25, 0.3) is 4.96 Å². The lowest BCUT2D eigenvalue weighted by Crippen LogP contribution is -2.37. The molecule has 8 heteroatoms. The molecule has 4 rings (SSSR count). The molecule has 154 valence electrons. The number of nitrogens with one attached hydrogen (secondary N) is 2. The van der Waals surface area contributed by atoms with E-state index in [1.807, 2.05) is 16.0 Å². The number of guanidine groups is 1. The number of morpholine rings is 1. The zero-order valence-electron chi connectivity index (χ0n) is 16.8. The van der Waals surface area contributed by atoms with Gasteiger partial charge in [0.1, 0.15) is 0 Å². The third-order valence-corrected chi connectivity index (χ3v) is 5.72. The molecule has 0 bridgehead atoms. The smallest absolute Gasteiger partial charge is 0.193 e. The van der Waals surface area contributed by atoms with Crippen LogP contribution in [0, 0.1) is 0 Å². The van der Waals surface area contributed by atoms with Gasteiger partial charge < -0.3 is 15.4 Å². The molecule has 0 radical (unpaired) electrons. The normalized spacial score (nSPS) is 15.7. The molecule has 1 fully saturated rings. The Morgan fingerprint density at radius 3 is 2.83 bits per heavy atom. The number of aromatic nitrogens is 2. The Hall–Kier alpha value is -2.42. The van der Waals surface area contributed by atoms with Gasteiger partial charge in [0.15, 0.2) is 10.9 Å². The first-order chi connectivity index (χ1) is 14.3. The average molecular weight is 413 g/mol. The van der Waals surface area contributed by atoms with E-state index in [1.165, 1.54) is 11.1 Å².